The Kier molecular flexibility index (Phi) is 10.5. The summed E-state index contributed by atoms with van der Waals surface area (Å²) < 4.78 is 14.2. The molecule has 0 aromatic carbocycles. The SMILES string of the molecule is CCOC=C(C(=O)OCC)C(=O)OCC.Cc1sc(N)c(C)c1C. The third-order valence-corrected chi connectivity index (χ3v) is 4.22. The first-order valence-electron chi connectivity index (χ1n) is 7.78. The molecule has 0 fully saturated rings. The van der Waals surface area contributed by atoms with Gasteiger partial charge in [0.1, 0.15) is 6.26 Å². The summed E-state index contributed by atoms with van der Waals surface area (Å²) in [6.45, 7) is 12.1. The van der Waals surface area contributed by atoms with Crippen molar-refractivity contribution >= 4 is 28.3 Å². The van der Waals surface area contributed by atoms with Crippen LogP contribution in [0.15, 0.2) is 11.8 Å². The summed E-state index contributed by atoms with van der Waals surface area (Å²) in [6, 6.07) is 0. The molecule has 0 radical (unpaired) electrons. The largest absolute Gasteiger partial charge is 0.500 e. The summed E-state index contributed by atoms with van der Waals surface area (Å²) in [5.41, 5.74) is 8.03. The van der Waals surface area contributed by atoms with Crippen molar-refractivity contribution in [2.24, 2.45) is 0 Å². The van der Waals surface area contributed by atoms with E-state index in [1.165, 1.54) is 16.0 Å². The molecule has 7 heteroatoms. The van der Waals surface area contributed by atoms with Crippen molar-refractivity contribution in [1.82, 2.24) is 0 Å². The lowest BCUT2D eigenvalue weighted by Gasteiger charge is -2.06. The topological polar surface area (TPSA) is 87.8 Å². The monoisotopic (exact) mass is 357 g/mol. The van der Waals surface area contributed by atoms with Gasteiger partial charge in [0, 0.05) is 4.88 Å². The van der Waals surface area contributed by atoms with Crippen LogP contribution in [0.1, 0.15) is 36.8 Å². The van der Waals surface area contributed by atoms with E-state index in [1.807, 2.05) is 0 Å². The van der Waals surface area contributed by atoms with E-state index in [2.05, 4.69) is 30.2 Å². The minimum absolute atomic E-state index is 0.196. The lowest BCUT2D eigenvalue weighted by Crippen LogP contribution is -2.18. The number of nitrogens with two attached hydrogens (primary N) is 1. The zero-order chi connectivity index (χ0) is 18.7. The quantitative estimate of drug-likeness (QED) is 0.276. The van der Waals surface area contributed by atoms with Gasteiger partial charge in [-0.3, -0.25) is 0 Å². The molecule has 0 aliphatic rings. The number of nitrogen functional groups attached to an aromatic ring is 1. The van der Waals surface area contributed by atoms with E-state index in [9.17, 15) is 9.59 Å². The number of hydrogen-bond acceptors (Lipinski definition) is 7. The van der Waals surface area contributed by atoms with Crippen molar-refractivity contribution in [1.29, 1.82) is 0 Å². The molecule has 0 atom stereocenters. The smallest absolute Gasteiger partial charge is 0.348 e. The molecule has 0 aliphatic heterocycles. The highest BCUT2D eigenvalue weighted by atomic mass is 32.1. The predicted molar refractivity (Wildman–Crippen MR) is 95.9 cm³/mol. The number of aryl methyl sites for hydroxylation is 1. The van der Waals surface area contributed by atoms with Gasteiger partial charge >= 0.3 is 11.9 Å². The molecule has 24 heavy (non-hydrogen) atoms. The van der Waals surface area contributed by atoms with E-state index in [0.29, 0.717) is 6.61 Å². The highest BCUT2D eigenvalue weighted by Crippen LogP contribution is 2.27. The van der Waals surface area contributed by atoms with Crippen LogP contribution in [-0.2, 0) is 23.8 Å². The van der Waals surface area contributed by atoms with Crippen LogP contribution in [0.2, 0.25) is 0 Å². The number of thiophene rings is 1. The van der Waals surface area contributed by atoms with Gasteiger partial charge in [-0.15, -0.1) is 11.3 Å². The number of carbonyl (C=O) groups is 2. The molecular weight excluding hydrogens is 330 g/mol. The standard InChI is InChI=1S/C10H16O5.C7H11NS/c1-4-13-7-8(9(11)14-5-2)10(12)15-6-3;1-4-5(2)7(8)9-6(4)3/h7H,4-6H2,1-3H3;8H2,1-3H3. The van der Waals surface area contributed by atoms with Crippen LogP contribution in [0.4, 0.5) is 5.00 Å². The second-order valence-corrected chi connectivity index (χ2v) is 5.96. The Bertz CT molecular complexity index is 535. The average Bonchev–Trinajstić information content (AvgIpc) is 2.75. The first-order chi connectivity index (χ1) is 11.3. The van der Waals surface area contributed by atoms with Crippen LogP contribution in [0.25, 0.3) is 0 Å². The Morgan fingerprint density at radius 2 is 1.46 bits per heavy atom. The lowest BCUT2D eigenvalue weighted by molar-refractivity contribution is -0.146. The maximum absolute atomic E-state index is 11.3. The van der Waals surface area contributed by atoms with E-state index >= 15 is 0 Å². The molecule has 0 saturated carbocycles. The minimum atomic E-state index is -0.732. The van der Waals surface area contributed by atoms with E-state index in [4.69, 9.17) is 10.5 Å². The van der Waals surface area contributed by atoms with Gasteiger partial charge in [0.05, 0.1) is 24.8 Å². The van der Waals surface area contributed by atoms with Crippen LogP contribution in [0.3, 0.4) is 0 Å². The summed E-state index contributed by atoms with van der Waals surface area (Å²) in [5, 5.41) is 0.963. The third kappa shape index (κ3) is 7.04. The number of hydrogen-bond donors (Lipinski definition) is 1. The van der Waals surface area contributed by atoms with E-state index in [-0.39, 0.29) is 18.8 Å². The summed E-state index contributed by atoms with van der Waals surface area (Å²) in [7, 11) is 0. The summed E-state index contributed by atoms with van der Waals surface area (Å²) in [5.74, 6) is -1.46. The van der Waals surface area contributed by atoms with Gasteiger partial charge < -0.3 is 19.9 Å². The van der Waals surface area contributed by atoms with Gasteiger partial charge in [0.15, 0.2) is 5.57 Å². The van der Waals surface area contributed by atoms with Gasteiger partial charge in [0.2, 0.25) is 0 Å². The fraction of sp³-hybridized carbons (Fsp3) is 0.529. The highest BCUT2D eigenvalue weighted by molar-refractivity contribution is 7.16. The molecule has 136 valence electrons. The van der Waals surface area contributed by atoms with Crippen molar-refractivity contribution in [3.63, 3.8) is 0 Å². The third-order valence-electron chi connectivity index (χ3n) is 3.08. The van der Waals surface area contributed by atoms with Crippen molar-refractivity contribution in [3.8, 4) is 0 Å². The number of rotatable bonds is 6. The van der Waals surface area contributed by atoms with Gasteiger partial charge in [-0.05, 0) is 52.7 Å². The molecule has 2 N–H and O–H groups in total. The molecule has 1 rings (SSSR count). The Labute approximate surface area is 147 Å². The van der Waals surface area contributed by atoms with Crippen molar-refractivity contribution in [2.75, 3.05) is 25.6 Å². The maximum atomic E-state index is 11.3. The lowest BCUT2D eigenvalue weighted by atomic mass is 10.2. The molecule has 0 spiro atoms. The molecule has 0 saturated heterocycles. The van der Waals surface area contributed by atoms with Crippen molar-refractivity contribution < 1.29 is 23.8 Å². The Balaban J connectivity index is 0.000000496. The summed E-state index contributed by atoms with van der Waals surface area (Å²) in [4.78, 5) is 23.9. The predicted octanol–water partition coefficient (Wildman–Crippen LogP) is 3.29. The fourth-order valence-electron chi connectivity index (χ4n) is 1.53. The van der Waals surface area contributed by atoms with Gasteiger partial charge in [-0.25, -0.2) is 9.59 Å². The van der Waals surface area contributed by atoms with Gasteiger partial charge in [-0.2, -0.15) is 0 Å². The maximum Gasteiger partial charge on any atom is 0.348 e. The molecule has 1 aromatic rings. The zero-order valence-corrected chi connectivity index (χ0v) is 16.0. The zero-order valence-electron chi connectivity index (χ0n) is 15.2. The first-order valence-corrected chi connectivity index (χ1v) is 8.59. The molecule has 0 aliphatic carbocycles. The van der Waals surface area contributed by atoms with Gasteiger partial charge in [-0.1, -0.05) is 0 Å². The molecule has 0 amide bonds. The number of esters is 2. The molecule has 0 unspecified atom stereocenters. The van der Waals surface area contributed by atoms with Crippen LogP contribution >= 0.6 is 11.3 Å². The first kappa shape index (κ1) is 22.0. The number of ether oxygens (including phenoxy) is 3. The van der Waals surface area contributed by atoms with Crippen molar-refractivity contribution in [2.45, 2.75) is 41.5 Å². The highest BCUT2D eigenvalue weighted by Gasteiger charge is 2.21. The van der Waals surface area contributed by atoms with Crippen molar-refractivity contribution in [3.05, 3.63) is 27.8 Å². The van der Waals surface area contributed by atoms with Crippen LogP contribution in [0, 0.1) is 20.8 Å². The van der Waals surface area contributed by atoms with Crippen LogP contribution < -0.4 is 5.73 Å². The number of anilines is 1. The summed E-state index contributed by atoms with van der Waals surface area (Å²) in [6.07, 6.45) is 1.07. The van der Waals surface area contributed by atoms with E-state index < -0.39 is 11.9 Å². The second-order valence-electron chi connectivity index (χ2n) is 4.70. The Morgan fingerprint density at radius 3 is 1.71 bits per heavy atom. The summed E-state index contributed by atoms with van der Waals surface area (Å²) >= 11 is 1.67. The van der Waals surface area contributed by atoms with Crippen LogP contribution in [0.5, 0.6) is 0 Å². The molecule has 1 heterocycles. The molecule has 0 bridgehead atoms. The molecule has 6 nitrogen and oxygen atoms in total. The Morgan fingerprint density at radius 1 is 0.958 bits per heavy atom. The fourth-order valence-corrected chi connectivity index (χ4v) is 2.47. The second kappa shape index (κ2) is 11.5. The minimum Gasteiger partial charge on any atom is -0.500 e. The van der Waals surface area contributed by atoms with Gasteiger partial charge in [0.25, 0.3) is 0 Å². The Hall–Kier alpha value is -2.02. The number of carbonyl (C=O) groups excluding carboxylic acids is 2. The normalized spacial score (nSPS) is 9.42. The molecular formula is C17H27NO5S. The average molecular weight is 357 g/mol. The molecule has 1 aromatic heterocycles. The van der Waals surface area contributed by atoms with Crippen LogP contribution in [-0.4, -0.2) is 31.8 Å². The van der Waals surface area contributed by atoms with E-state index in [1.54, 1.807) is 32.1 Å². The van der Waals surface area contributed by atoms with E-state index in [0.717, 1.165) is 11.3 Å².